The lowest BCUT2D eigenvalue weighted by molar-refractivity contribution is -0.0817. The lowest BCUT2D eigenvalue weighted by Gasteiger charge is -2.37. The highest BCUT2D eigenvalue weighted by molar-refractivity contribution is 14.0. The molecule has 2 saturated heterocycles. The molecule has 2 aromatic rings. The number of imidazole rings is 1. The van der Waals surface area contributed by atoms with Crippen molar-refractivity contribution in [2.24, 2.45) is 4.99 Å². The molecule has 0 amide bonds. The van der Waals surface area contributed by atoms with E-state index in [2.05, 4.69) is 33.2 Å². The van der Waals surface area contributed by atoms with Gasteiger partial charge in [0.2, 0.25) is 0 Å². The fraction of sp³-hybridized carbons (Fsp3) is 0.571. The number of ether oxygens (including phenoxy) is 2. The maximum Gasteiger partial charge on any atom is 0.194 e. The van der Waals surface area contributed by atoms with Crippen LogP contribution >= 0.6 is 24.0 Å². The third-order valence-corrected chi connectivity index (χ3v) is 5.40. The zero-order chi connectivity index (χ0) is 20.1. The van der Waals surface area contributed by atoms with E-state index >= 15 is 0 Å². The number of rotatable bonds is 5. The highest BCUT2D eigenvalue weighted by Crippen LogP contribution is 2.21. The first kappa shape index (κ1) is 23.0. The third kappa shape index (κ3) is 5.50. The van der Waals surface area contributed by atoms with Gasteiger partial charge < -0.3 is 19.7 Å². The summed E-state index contributed by atoms with van der Waals surface area (Å²) in [6.07, 6.45) is 8.13. The highest BCUT2D eigenvalue weighted by Gasteiger charge is 2.32. The van der Waals surface area contributed by atoms with Crippen LogP contribution in [0.3, 0.4) is 0 Å². The molecule has 2 fully saturated rings. The van der Waals surface area contributed by atoms with E-state index in [4.69, 9.17) is 14.5 Å². The quantitative estimate of drug-likeness (QED) is 0.367. The summed E-state index contributed by atoms with van der Waals surface area (Å²) in [6, 6.07) is 4.08. The van der Waals surface area contributed by atoms with Gasteiger partial charge in [0.25, 0.3) is 0 Å². The maximum atomic E-state index is 5.97. The molecule has 4 rings (SSSR count). The van der Waals surface area contributed by atoms with Gasteiger partial charge in [-0.15, -0.1) is 24.0 Å². The van der Waals surface area contributed by atoms with E-state index in [0.29, 0.717) is 13.2 Å². The fourth-order valence-electron chi connectivity index (χ4n) is 3.85. The molecular formula is C21H31IN6O2. The minimum absolute atomic E-state index is 0. The van der Waals surface area contributed by atoms with Gasteiger partial charge in [-0.1, -0.05) is 6.07 Å². The summed E-state index contributed by atoms with van der Waals surface area (Å²) in [5, 5.41) is 3.42. The van der Waals surface area contributed by atoms with Crippen molar-refractivity contribution in [1.29, 1.82) is 0 Å². The molecule has 0 bridgehead atoms. The second-order valence-corrected chi connectivity index (χ2v) is 7.45. The van der Waals surface area contributed by atoms with Crippen molar-refractivity contribution in [2.45, 2.75) is 45.4 Å². The van der Waals surface area contributed by atoms with Crippen LogP contribution in [0.25, 0.3) is 5.82 Å². The summed E-state index contributed by atoms with van der Waals surface area (Å²) in [7, 11) is 0. The minimum Gasteiger partial charge on any atom is -0.375 e. The lowest BCUT2D eigenvalue weighted by Crippen LogP contribution is -2.53. The molecule has 2 aliphatic rings. The molecule has 164 valence electrons. The molecule has 1 N–H and O–H groups in total. The van der Waals surface area contributed by atoms with Gasteiger partial charge in [-0.2, -0.15) is 0 Å². The van der Waals surface area contributed by atoms with E-state index in [9.17, 15) is 0 Å². The molecule has 0 aromatic carbocycles. The van der Waals surface area contributed by atoms with Crippen molar-refractivity contribution in [2.75, 3.05) is 32.8 Å². The third-order valence-electron chi connectivity index (χ3n) is 5.40. The molecule has 2 atom stereocenters. The average Bonchev–Trinajstić information content (AvgIpc) is 3.44. The second-order valence-electron chi connectivity index (χ2n) is 7.45. The number of pyridine rings is 1. The highest BCUT2D eigenvalue weighted by atomic mass is 127. The van der Waals surface area contributed by atoms with Crippen LogP contribution in [0, 0.1) is 6.92 Å². The standard InChI is InChI=1S/C21H30N6O2.HI/c1-3-22-21(26-10-12-29-19(15-26)18-5-4-11-28-18)25-14-17-6-7-20(24-13-17)27-9-8-23-16(27)2;/h6-9,13,18-19H,3-5,10-12,14-15H2,1-2H3,(H,22,25);1H. The molecule has 9 heteroatoms. The summed E-state index contributed by atoms with van der Waals surface area (Å²) in [4.78, 5) is 16.0. The van der Waals surface area contributed by atoms with Crippen LogP contribution in [0.15, 0.2) is 35.7 Å². The van der Waals surface area contributed by atoms with Gasteiger partial charge in [0.1, 0.15) is 17.7 Å². The minimum atomic E-state index is 0. The van der Waals surface area contributed by atoms with Crippen molar-refractivity contribution in [1.82, 2.24) is 24.8 Å². The van der Waals surface area contributed by atoms with Gasteiger partial charge >= 0.3 is 0 Å². The zero-order valence-corrected chi connectivity index (χ0v) is 20.0. The van der Waals surface area contributed by atoms with E-state index in [-0.39, 0.29) is 36.2 Å². The Morgan fingerprint density at radius 2 is 2.10 bits per heavy atom. The summed E-state index contributed by atoms with van der Waals surface area (Å²) >= 11 is 0. The molecule has 30 heavy (non-hydrogen) atoms. The SMILES string of the molecule is CCNC(=NCc1ccc(-n2ccnc2C)nc1)N1CCOC(C2CCCO2)C1.I. The summed E-state index contributed by atoms with van der Waals surface area (Å²) in [5.41, 5.74) is 1.07. The van der Waals surface area contributed by atoms with Gasteiger partial charge in [-0.05, 0) is 38.3 Å². The van der Waals surface area contributed by atoms with Gasteiger partial charge in [-0.3, -0.25) is 4.57 Å². The number of aromatic nitrogens is 3. The first-order valence-electron chi connectivity index (χ1n) is 10.5. The van der Waals surface area contributed by atoms with Gasteiger partial charge in [0, 0.05) is 44.8 Å². The Hall–Kier alpha value is -1.72. The number of nitrogens with zero attached hydrogens (tertiary/aromatic N) is 5. The molecule has 4 heterocycles. The summed E-state index contributed by atoms with van der Waals surface area (Å²) in [5.74, 6) is 2.71. The average molecular weight is 526 g/mol. The number of aliphatic imine (C=N–C) groups is 1. The number of morpholine rings is 1. The van der Waals surface area contributed by atoms with Crippen LogP contribution < -0.4 is 5.32 Å². The molecule has 0 saturated carbocycles. The first-order chi connectivity index (χ1) is 14.2. The normalized spacial score (nSPS) is 22.1. The molecule has 2 unspecified atom stereocenters. The molecule has 0 aliphatic carbocycles. The summed E-state index contributed by atoms with van der Waals surface area (Å²) in [6.45, 7) is 8.68. The van der Waals surface area contributed by atoms with Crippen molar-refractivity contribution < 1.29 is 9.47 Å². The van der Waals surface area contributed by atoms with Crippen LogP contribution in [0.5, 0.6) is 0 Å². The number of nitrogens with one attached hydrogen (secondary N) is 1. The number of hydrogen-bond acceptors (Lipinski definition) is 5. The topological polar surface area (TPSA) is 76.8 Å². The van der Waals surface area contributed by atoms with Gasteiger partial charge in [-0.25, -0.2) is 15.0 Å². The molecular weight excluding hydrogens is 495 g/mol. The Bertz CT molecular complexity index is 819. The van der Waals surface area contributed by atoms with Crippen LogP contribution in [-0.2, 0) is 16.0 Å². The zero-order valence-electron chi connectivity index (χ0n) is 17.7. The van der Waals surface area contributed by atoms with E-state index in [1.54, 1.807) is 6.20 Å². The Morgan fingerprint density at radius 3 is 2.77 bits per heavy atom. The van der Waals surface area contributed by atoms with Crippen molar-refractivity contribution in [3.63, 3.8) is 0 Å². The van der Waals surface area contributed by atoms with Crippen molar-refractivity contribution in [3.05, 3.63) is 42.1 Å². The predicted octanol–water partition coefficient (Wildman–Crippen LogP) is 2.54. The van der Waals surface area contributed by atoms with Crippen molar-refractivity contribution in [3.8, 4) is 5.82 Å². The number of halogens is 1. The first-order valence-corrected chi connectivity index (χ1v) is 10.5. The van der Waals surface area contributed by atoms with Gasteiger partial charge in [0.15, 0.2) is 5.96 Å². The number of guanidine groups is 1. The van der Waals surface area contributed by atoms with Crippen LogP contribution in [0.1, 0.15) is 31.2 Å². The Labute approximate surface area is 195 Å². The number of aryl methyl sites for hydroxylation is 1. The van der Waals surface area contributed by atoms with Gasteiger partial charge in [0.05, 0.1) is 19.3 Å². The van der Waals surface area contributed by atoms with Crippen molar-refractivity contribution >= 4 is 29.9 Å². The predicted molar refractivity (Wildman–Crippen MR) is 127 cm³/mol. The Balaban J connectivity index is 0.00000256. The van der Waals surface area contributed by atoms with E-state index in [0.717, 1.165) is 62.2 Å². The fourth-order valence-corrected chi connectivity index (χ4v) is 3.85. The van der Waals surface area contributed by atoms with E-state index in [1.165, 1.54) is 0 Å². The molecule has 0 spiro atoms. The Morgan fingerprint density at radius 1 is 1.23 bits per heavy atom. The van der Waals surface area contributed by atoms with Crippen LogP contribution in [0.2, 0.25) is 0 Å². The van der Waals surface area contributed by atoms with Crippen LogP contribution in [0.4, 0.5) is 0 Å². The molecule has 8 nitrogen and oxygen atoms in total. The number of hydrogen-bond donors (Lipinski definition) is 1. The molecule has 0 radical (unpaired) electrons. The van der Waals surface area contributed by atoms with E-state index < -0.39 is 0 Å². The smallest absolute Gasteiger partial charge is 0.194 e. The second kappa shape index (κ2) is 11.1. The lowest BCUT2D eigenvalue weighted by atomic mass is 10.1. The Kier molecular flexibility index (Phi) is 8.46. The monoisotopic (exact) mass is 526 g/mol. The van der Waals surface area contributed by atoms with Crippen LogP contribution in [-0.4, -0.2) is 70.5 Å². The molecule has 2 aliphatic heterocycles. The van der Waals surface area contributed by atoms with E-state index in [1.807, 2.05) is 30.0 Å². The largest absolute Gasteiger partial charge is 0.375 e. The maximum absolute atomic E-state index is 5.97. The summed E-state index contributed by atoms with van der Waals surface area (Å²) < 4.78 is 13.8. The molecule has 2 aromatic heterocycles.